The molecule has 3 nitrogen and oxygen atoms in total. The molecule has 0 aliphatic heterocycles. The van der Waals surface area contributed by atoms with Gasteiger partial charge in [-0.05, 0) is 25.3 Å². The van der Waals surface area contributed by atoms with Crippen LogP contribution in [0.2, 0.25) is 0 Å². The molecule has 0 amide bonds. The molecule has 0 saturated carbocycles. The maximum Gasteiger partial charge on any atom is 0.132 e. The summed E-state index contributed by atoms with van der Waals surface area (Å²) in [7, 11) is 2.15. The molecule has 0 saturated heterocycles. The van der Waals surface area contributed by atoms with Crippen LogP contribution >= 0.6 is 0 Å². The van der Waals surface area contributed by atoms with Crippen LogP contribution in [0.25, 0.3) is 0 Å². The summed E-state index contributed by atoms with van der Waals surface area (Å²) in [6.07, 6.45) is 3.07. The largest absolute Gasteiger partial charge is 0.357 e. The third-order valence-electron chi connectivity index (χ3n) is 3.38. The van der Waals surface area contributed by atoms with Crippen molar-refractivity contribution < 1.29 is 0 Å². The molecule has 0 bridgehead atoms. The number of aromatic nitrogens is 1. The van der Waals surface area contributed by atoms with Gasteiger partial charge in [-0.25, -0.2) is 4.98 Å². The van der Waals surface area contributed by atoms with Gasteiger partial charge in [0, 0.05) is 37.4 Å². The Balaban J connectivity index is 2.80. The Hall–Kier alpha value is -1.09. The van der Waals surface area contributed by atoms with E-state index < -0.39 is 0 Å². The van der Waals surface area contributed by atoms with Crippen LogP contribution in [0.4, 0.5) is 5.82 Å². The van der Waals surface area contributed by atoms with Gasteiger partial charge in [-0.2, -0.15) is 0 Å². The molecule has 0 aliphatic rings. The van der Waals surface area contributed by atoms with Crippen molar-refractivity contribution in [2.24, 2.45) is 5.92 Å². The van der Waals surface area contributed by atoms with Crippen molar-refractivity contribution in [3.63, 3.8) is 0 Å². The van der Waals surface area contributed by atoms with E-state index in [1.54, 1.807) is 0 Å². The van der Waals surface area contributed by atoms with Crippen LogP contribution in [-0.2, 0) is 6.54 Å². The van der Waals surface area contributed by atoms with Gasteiger partial charge in [0.05, 0.1) is 0 Å². The average Bonchev–Trinajstić information content (AvgIpc) is 2.35. The second kappa shape index (κ2) is 7.49. The fraction of sp³-hybridized carbons (Fsp3) is 0.688. The Morgan fingerprint density at radius 2 is 1.89 bits per heavy atom. The van der Waals surface area contributed by atoms with Gasteiger partial charge >= 0.3 is 0 Å². The summed E-state index contributed by atoms with van der Waals surface area (Å²) in [6, 6.07) is 5.18. The van der Waals surface area contributed by atoms with Gasteiger partial charge in [0.15, 0.2) is 0 Å². The zero-order valence-electron chi connectivity index (χ0n) is 13.3. The monoisotopic (exact) mass is 263 g/mol. The molecule has 1 rings (SSSR count). The van der Waals surface area contributed by atoms with Crippen molar-refractivity contribution in [3.05, 3.63) is 23.9 Å². The molecule has 3 heteroatoms. The number of hydrogen-bond acceptors (Lipinski definition) is 3. The number of nitrogens with one attached hydrogen (secondary N) is 1. The first kappa shape index (κ1) is 16.0. The normalized spacial score (nSPS) is 13.1. The minimum Gasteiger partial charge on any atom is -0.357 e. The fourth-order valence-corrected chi connectivity index (χ4v) is 2.25. The van der Waals surface area contributed by atoms with Crippen LogP contribution in [0.1, 0.15) is 46.6 Å². The number of anilines is 1. The third-order valence-corrected chi connectivity index (χ3v) is 3.38. The zero-order valence-corrected chi connectivity index (χ0v) is 13.3. The molecular formula is C16H29N3. The SMILES string of the molecule is CC(C)CC(C)N(C)c1ncccc1CNC(C)C. The van der Waals surface area contributed by atoms with Crippen molar-refractivity contribution in [1.82, 2.24) is 10.3 Å². The lowest BCUT2D eigenvalue weighted by Gasteiger charge is -2.29. The second-order valence-electron chi connectivity index (χ2n) is 6.11. The number of nitrogens with zero attached hydrogens (tertiary/aromatic N) is 2. The van der Waals surface area contributed by atoms with Crippen LogP contribution in [0.15, 0.2) is 18.3 Å². The second-order valence-corrected chi connectivity index (χ2v) is 6.11. The maximum atomic E-state index is 4.57. The highest BCUT2D eigenvalue weighted by molar-refractivity contribution is 5.46. The predicted molar refractivity (Wildman–Crippen MR) is 83.5 cm³/mol. The summed E-state index contributed by atoms with van der Waals surface area (Å²) in [5, 5.41) is 3.47. The lowest BCUT2D eigenvalue weighted by molar-refractivity contribution is 0.500. The minimum atomic E-state index is 0.492. The summed E-state index contributed by atoms with van der Waals surface area (Å²) in [5.74, 6) is 1.81. The van der Waals surface area contributed by atoms with E-state index in [1.165, 1.54) is 12.0 Å². The van der Waals surface area contributed by atoms with Crippen LogP contribution in [0, 0.1) is 5.92 Å². The highest BCUT2D eigenvalue weighted by Crippen LogP contribution is 2.21. The topological polar surface area (TPSA) is 28.2 Å². The summed E-state index contributed by atoms with van der Waals surface area (Å²) < 4.78 is 0. The standard InChI is InChI=1S/C16H29N3/c1-12(2)10-14(5)19(6)16-15(8-7-9-17-16)11-18-13(3)4/h7-9,12-14,18H,10-11H2,1-6H3. The van der Waals surface area contributed by atoms with E-state index in [-0.39, 0.29) is 0 Å². The first-order valence-electron chi connectivity index (χ1n) is 7.32. The van der Waals surface area contributed by atoms with Crippen LogP contribution in [-0.4, -0.2) is 24.1 Å². The van der Waals surface area contributed by atoms with Gasteiger partial charge in [-0.15, -0.1) is 0 Å². The molecule has 1 aromatic heterocycles. The summed E-state index contributed by atoms with van der Waals surface area (Å²) >= 11 is 0. The summed E-state index contributed by atoms with van der Waals surface area (Å²) in [6.45, 7) is 12.0. The van der Waals surface area contributed by atoms with Crippen molar-refractivity contribution in [2.45, 2.75) is 59.7 Å². The Morgan fingerprint density at radius 3 is 2.47 bits per heavy atom. The quantitative estimate of drug-likeness (QED) is 0.816. The van der Waals surface area contributed by atoms with Gasteiger partial charge in [0.25, 0.3) is 0 Å². The molecule has 1 N–H and O–H groups in total. The molecule has 1 unspecified atom stereocenters. The van der Waals surface area contributed by atoms with E-state index in [2.05, 4.69) is 62.9 Å². The molecule has 0 radical (unpaired) electrons. The van der Waals surface area contributed by atoms with Crippen LogP contribution < -0.4 is 10.2 Å². The van der Waals surface area contributed by atoms with Crippen molar-refractivity contribution in [3.8, 4) is 0 Å². The van der Waals surface area contributed by atoms with Crippen molar-refractivity contribution in [2.75, 3.05) is 11.9 Å². The smallest absolute Gasteiger partial charge is 0.132 e. The van der Waals surface area contributed by atoms with Gasteiger partial charge < -0.3 is 10.2 Å². The lowest BCUT2D eigenvalue weighted by atomic mass is 10.0. The lowest BCUT2D eigenvalue weighted by Crippen LogP contribution is -2.32. The molecule has 1 heterocycles. The average molecular weight is 263 g/mol. The first-order valence-corrected chi connectivity index (χ1v) is 7.32. The van der Waals surface area contributed by atoms with Gasteiger partial charge in [0.2, 0.25) is 0 Å². The van der Waals surface area contributed by atoms with Crippen molar-refractivity contribution >= 4 is 5.82 Å². The van der Waals surface area contributed by atoms with E-state index in [0.717, 1.165) is 12.4 Å². The Morgan fingerprint density at radius 1 is 1.21 bits per heavy atom. The highest BCUT2D eigenvalue weighted by atomic mass is 15.2. The highest BCUT2D eigenvalue weighted by Gasteiger charge is 2.15. The van der Waals surface area contributed by atoms with Crippen LogP contribution in [0.3, 0.4) is 0 Å². The Bertz CT molecular complexity index is 374. The minimum absolute atomic E-state index is 0.492. The van der Waals surface area contributed by atoms with E-state index in [4.69, 9.17) is 0 Å². The molecule has 19 heavy (non-hydrogen) atoms. The molecular weight excluding hydrogens is 234 g/mol. The zero-order chi connectivity index (χ0) is 14.4. The van der Waals surface area contributed by atoms with E-state index in [9.17, 15) is 0 Å². The van der Waals surface area contributed by atoms with Gasteiger partial charge in [0.1, 0.15) is 5.82 Å². The number of rotatable bonds is 7. The molecule has 0 aliphatic carbocycles. The number of pyridine rings is 1. The first-order chi connectivity index (χ1) is 8.91. The van der Waals surface area contributed by atoms with E-state index >= 15 is 0 Å². The van der Waals surface area contributed by atoms with E-state index in [0.29, 0.717) is 18.0 Å². The summed E-state index contributed by atoms with van der Waals surface area (Å²) in [4.78, 5) is 6.87. The maximum absolute atomic E-state index is 4.57. The molecule has 1 atom stereocenters. The predicted octanol–water partition coefficient (Wildman–Crippen LogP) is 3.45. The Kier molecular flexibility index (Phi) is 6.29. The third kappa shape index (κ3) is 5.19. The number of hydrogen-bond donors (Lipinski definition) is 1. The Labute approximate surface area is 118 Å². The van der Waals surface area contributed by atoms with Crippen LogP contribution in [0.5, 0.6) is 0 Å². The van der Waals surface area contributed by atoms with Gasteiger partial charge in [-0.1, -0.05) is 33.8 Å². The fourth-order valence-electron chi connectivity index (χ4n) is 2.25. The molecule has 1 aromatic rings. The molecule has 0 spiro atoms. The molecule has 0 fully saturated rings. The molecule has 108 valence electrons. The molecule has 0 aromatic carbocycles. The van der Waals surface area contributed by atoms with Crippen molar-refractivity contribution in [1.29, 1.82) is 0 Å². The summed E-state index contributed by atoms with van der Waals surface area (Å²) in [5.41, 5.74) is 1.27. The van der Waals surface area contributed by atoms with Gasteiger partial charge in [-0.3, -0.25) is 0 Å². The van der Waals surface area contributed by atoms with E-state index in [1.807, 2.05) is 12.3 Å².